The number of nitrogens with one attached hydrogen (secondary N) is 2. The molecule has 0 aliphatic rings. The normalized spacial score (nSPS) is 10.1. The standard InChI is InChI=1S/C19H20N2O7/c1-26-15-9-14(21-19(25)12-6-4-3-5-7-12)16(27-2)8-13(15)20-17(22)10-28-11-18(23)24/h3-9H,10-11H2,1-2H3,(H,20,22)(H,21,25)(H,23,24)/p-1. The summed E-state index contributed by atoms with van der Waals surface area (Å²) in [5.74, 6) is -1.81. The lowest BCUT2D eigenvalue weighted by Gasteiger charge is -2.16. The predicted octanol–water partition coefficient (Wildman–Crippen LogP) is 0.661. The summed E-state index contributed by atoms with van der Waals surface area (Å²) in [6.07, 6.45) is 0. The van der Waals surface area contributed by atoms with E-state index in [0.717, 1.165) is 0 Å². The first kappa shape index (κ1) is 20.7. The zero-order valence-electron chi connectivity index (χ0n) is 15.3. The lowest BCUT2D eigenvalue weighted by molar-refractivity contribution is -0.309. The summed E-state index contributed by atoms with van der Waals surface area (Å²) in [4.78, 5) is 34.6. The van der Waals surface area contributed by atoms with Gasteiger partial charge in [-0.15, -0.1) is 0 Å². The van der Waals surface area contributed by atoms with Crippen molar-refractivity contribution in [2.75, 3.05) is 38.1 Å². The molecule has 0 bridgehead atoms. The zero-order valence-corrected chi connectivity index (χ0v) is 15.3. The van der Waals surface area contributed by atoms with Crippen molar-refractivity contribution in [3.05, 3.63) is 48.0 Å². The fourth-order valence-corrected chi connectivity index (χ4v) is 2.29. The number of carbonyl (C=O) groups excluding carboxylic acids is 3. The predicted molar refractivity (Wildman–Crippen MR) is 98.4 cm³/mol. The molecular formula is C19H19N2O7-. The molecule has 9 heteroatoms. The summed E-state index contributed by atoms with van der Waals surface area (Å²) < 4.78 is 15.2. The Morgan fingerprint density at radius 1 is 0.893 bits per heavy atom. The van der Waals surface area contributed by atoms with Gasteiger partial charge in [0.25, 0.3) is 5.91 Å². The first-order valence-electron chi connectivity index (χ1n) is 8.14. The van der Waals surface area contributed by atoms with Gasteiger partial charge < -0.3 is 34.7 Å². The first-order valence-corrected chi connectivity index (χ1v) is 8.14. The van der Waals surface area contributed by atoms with Crippen LogP contribution in [-0.4, -0.2) is 45.2 Å². The molecule has 2 amide bonds. The highest BCUT2D eigenvalue weighted by atomic mass is 16.5. The van der Waals surface area contributed by atoms with E-state index in [2.05, 4.69) is 15.4 Å². The molecule has 9 nitrogen and oxygen atoms in total. The van der Waals surface area contributed by atoms with Gasteiger partial charge in [0, 0.05) is 17.7 Å². The number of rotatable bonds is 9. The number of aliphatic carboxylic acids is 1. The number of ether oxygens (including phenoxy) is 3. The van der Waals surface area contributed by atoms with E-state index in [1.165, 1.54) is 26.4 Å². The van der Waals surface area contributed by atoms with E-state index < -0.39 is 25.1 Å². The van der Waals surface area contributed by atoms with E-state index in [4.69, 9.17) is 9.47 Å². The molecule has 2 N–H and O–H groups in total. The molecule has 0 fully saturated rings. The molecule has 28 heavy (non-hydrogen) atoms. The average Bonchev–Trinajstić information content (AvgIpc) is 2.69. The third kappa shape index (κ3) is 5.71. The van der Waals surface area contributed by atoms with Crippen LogP contribution in [0.1, 0.15) is 10.4 Å². The topological polar surface area (TPSA) is 126 Å². The van der Waals surface area contributed by atoms with Gasteiger partial charge in [0.1, 0.15) is 18.1 Å². The lowest BCUT2D eigenvalue weighted by atomic mass is 10.2. The van der Waals surface area contributed by atoms with Crippen molar-refractivity contribution in [3.8, 4) is 11.5 Å². The van der Waals surface area contributed by atoms with Gasteiger partial charge in [0.15, 0.2) is 0 Å². The van der Waals surface area contributed by atoms with Crippen LogP contribution in [0.15, 0.2) is 42.5 Å². The largest absolute Gasteiger partial charge is 0.548 e. The Kier molecular flexibility index (Phi) is 7.35. The van der Waals surface area contributed by atoms with Gasteiger partial charge in [0.2, 0.25) is 5.91 Å². The van der Waals surface area contributed by atoms with Crippen LogP contribution >= 0.6 is 0 Å². The Bertz CT molecular complexity index is 853. The summed E-state index contributed by atoms with van der Waals surface area (Å²) in [6, 6.07) is 11.6. The summed E-state index contributed by atoms with van der Waals surface area (Å²) in [7, 11) is 2.81. The minimum absolute atomic E-state index is 0.261. The molecule has 0 aliphatic heterocycles. The van der Waals surface area contributed by atoms with Crippen LogP contribution in [0.25, 0.3) is 0 Å². The van der Waals surface area contributed by atoms with Gasteiger partial charge in [-0.05, 0) is 12.1 Å². The number of methoxy groups -OCH3 is 2. The summed E-state index contributed by atoms with van der Waals surface area (Å²) in [5, 5.41) is 15.6. The van der Waals surface area contributed by atoms with E-state index in [0.29, 0.717) is 11.3 Å². The highest BCUT2D eigenvalue weighted by molar-refractivity contribution is 6.05. The van der Waals surface area contributed by atoms with E-state index in [1.807, 2.05) is 0 Å². The molecule has 0 heterocycles. The van der Waals surface area contributed by atoms with E-state index in [9.17, 15) is 19.5 Å². The van der Waals surface area contributed by atoms with Gasteiger partial charge in [0.05, 0.1) is 38.2 Å². The van der Waals surface area contributed by atoms with Gasteiger partial charge >= 0.3 is 0 Å². The number of hydrogen-bond donors (Lipinski definition) is 2. The van der Waals surface area contributed by atoms with Crippen LogP contribution in [0, 0.1) is 0 Å². The first-order chi connectivity index (χ1) is 13.4. The molecule has 2 rings (SSSR count). The van der Waals surface area contributed by atoms with Crippen molar-refractivity contribution in [1.29, 1.82) is 0 Å². The Hall–Kier alpha value is -3.59. The van der Waals surface area contributed by atoms with Crippen molar-refractivity contribution >= 4 is 29.2 Å². The van der Waals surface area contributed by atoms with Crippen molar-refractivity contribution in [3.63, 3.8) is 0 Å². The summed E-state index contributed by atoms with van der Waals surface area (Å²) in [5.41, 5.74) is 1.07. The molecule has 0 spiro atoms. The third-order valence-corrected chi connectivity index (χ3v) is 3.53. The van der Waals surface area contributed by atoms with Gasteiger partial charge in [-0.2, -0.15) is 0 Å². The number of benzene rings is 2. The maximum absolute atomic E-state index is 12.4. The highest BCUT2D eigenvalue weighted by Gasteiger charge is 2.16. The SMILES string of the molecule is COc1cc(NC(=O)c2ccccc2)c(OC)cc1NC(=O)COCC(=O)[O-]. The molecule has 2 aromatic rings. The molecule has 0 aliphatic carbocycles. The smallest absolute Gasteiger partial charge is 0.255 e. The number of hydrogen-bond acceptors (Lipinski definition) is 7. The van der Waals surface area contributed by atoms with Gasteiger partial charge in [-0.1, -0.05) is 18.2 Å². The molecule has 2 aromatic carbocycles. The van der Waals surface area contributed by atoms with Crippen LogP contribution in [0.5, 0.6) is 11.5 Å². The second-order valence-electron chi connectivity index (χ2n) is 5.49. The molecule has 0 aromatic heterocycles. The van der Waals surface area contributed by atoms with Crippen LogP contribution in [0.3, 0.4) is 0 Å². The molecule has 0 unspecified atom stereocenters. The molecular weight excluding hydrogens is 368 g/mol. The van der Waals surface area contributed by atoms with Crippen molar-refractivity contribution in [2.45, 2.75) is 0 Å². The maximum atomic E-state index is 12.4. The minimum Gasteiger partial charge on any atom is -0.548 e. The van der Waals surface area contributed by atoms with Crippen LogP contribution in [-0.2, 0) is 14.3 Å². The lowest BCUT2D eigenvalue weighted by Crippen LogP contribution is -2.29. The zero-order chi connectivity index (χ0) is 20.5. The molecule has 0 atom stereocenters. The van der Waals surface area contributed by atoms with E-state index in [-0.39, 0.29) is 23.1 Å². The van der Waals surface area contributed by atoms with Crippen LogP contribution in [0.4, 0.5) is 11.4 Å². The number of anilines is 2. The van der Waals surface area contributed by atoms with Crippen molar-refractivity contribution in [2.24, 2.45) is 0 Å². The molecule has 148 valence electrons. The number of amides is 2. The average molecular weight is 387 g/mol. The van der Waals surface area contributed by atoms with Crippen LogP contribution in [0.2, 0.25) is 0 Å². The van der Waals surface area contributed by atoms with Gasteiger partial charge in [-0.25, -0.2) is 0 Å². The monoisotopic (exact) mass is 387 g/mol. The van der Waals surface area contributed by atoms with Crippen LogP contribution < -0.4 is 25.2 Å². The van der Waals surface area contributed by atoms with Gasteiger partial charge in [-0.3, -0.25) is 9.59 Å². The number of carboxylic acids is 1. The fourth-order valence-electron chi connectivity index (χ4n) is 2.29. The fraction of sp³-hybridized carbons (Fsp3) is 0.211. The quantitative estimate of drug-likeness (QED) is 0.647. The number of carboxylic acid groups (broad SMARTS) is 1. The Balaban J connectivity index is 2.17. The van der Waals surface area contributed by atoms with E-state index >= 15 is 0 Å². The second kappa shape index (κ2) is 9.93. The second-order valence-corrected chi connectivity index (χ2v) is 5.49. The molecule has 0 radical (unpaired) electrons. The summed E-state index contributed by atoms with van der Waals surface area (Å²) in [6.45, 7) is -1.18. The number of carbonyl (C=O) groups is 3. The van der Waals surface area contributed by atoms with Crippen molar-refractivity contribution in [1.82, 2.24) is 0 Å². The third-order valence-electron chi connectivity index (χ3n) is 3.53. The maximum Gasteiger partial charge on any atom is 0.255 e. The Labute approximate surface area is 161 Å². The Morgan fingerprint density at radius 3 is 2.00 bits per heavy atom. The summed E-state index contributed by atoms with van der Waals surface area (Å²) >= 11 is 0. The van der Waals surface area contributed by atoms with Crippen molar-refractivity contribution < 1.29 is 33.7 Å². The molecule has 0 saturated carbocycles. The molecule has 0 saturated heterocycles. The Morgan fingerprint density at radius 2 is 1.46 bits per heavy atom. The van der Waals surface area contributed by atoms with E-state index in [1.54, 1.807) is 30.3 Å². The highest BCUT2D eigenvalue weighted by Crippen LogP contribution is 2.36. The minimum atomic E-state index is -1.43.